The van der Waals surface area contributed by atoms with E-state index in [1.807, 2.05) is 0 Å². The van der Waals surface area contributed by atoms with Crippen LogP contribution >= 0.6 is 0 Å². The normalized spacial score (nSPS) is 10.6. The van der Waals surface area contributed by atoms with Gasteiger partial charge in [-0.1, -0.05) is 0 Å². The predicted molar refractivity (Wildman–Crippen MR) is 61.0 cm³/mol. The van der Waals surface area contributed by atoms with Gasteiger partial charge in [0.05, 0.1) is 0 Å². The van der Waals surface area contributed by atoms with E-state index in [0.29, 0.717) is 22.2 Å². The zero-order chi connectivity index (χ0) is 11.7. The number of benzene rings is 1. The second-order valence-corrected chi connectivity index (χ2v) is 3.49. The number of rotatable bonds is 2. The molecule has 5 nitrogen and oxygen atoms in total. The van der Waals surface area contributed by atoms with Crippen LogP contribution in [0.15, 0.2) is 29.1 Å². The minimum absolute atomic E-state index is 0.169. The summed E-state index contributed by atoms with van der Waals surface area (Å²) in [5.74, 6) is -0.552. The largest absolute Gasteiger partial charge is 0.366 e. The molecule has 0 spiro atoms. The van der Waals surface area contributed by atoms with Crippen molar-refractivity contribution in [1.82, 2.24) is 4.98 Å². The van der Waals surface area contributed by atoms with Gasteiger partial charge in [-0.3, -0.25) is 9.59 Å². The van der Waals surface area contributed by atoms with E-state index in [0.717, 1.165) is 0 Å². The Bertz CT molecular complexity index is 616. The van der Waals surface area contributed by atoms with Crippen molar-refractivity contribution in [2.45, 2.75) is 6.54 Å². The molecule has 0 radical (unpaired) electrons. The third-order valence-corrected chi connectivity index (χ3v) is 2.39. The van der Waals surface area contributed by atoms with Crippen molar-refractivity contribution in [2.24, 2.45) is 11.5 Å². The van der Waals surface area contributed by atoms with E-state index in [1.165, 1.54) is 12.1 Å². The summed E-state index contributed by atoms with van der Waals surface area (Å²) >= 11 is 0. The van der Waals surface area contributed by atoms with Gasteiger partial charge in [0.15, 0.2) is 5.43 Å². The van der Waals surface area contributed by atoms with E-state index in [9.17, 15) is 9.59 Å². The first kappa shape index (κ1) is 10.4. The van der Waals surface area contributed by atoms with E-state index in [1.54, 1.807) is 12.1 Å². The number of fused-ring (bicyclic) bond motifs is 1. The number of hydrogen-bond donors (Lipinski definition) is 3. The second kappa shape index (κ2) is 3.79. The van der Waals surface area contributed by atoms with E-state index in [4.69, 9.17) is 11.5 Å². The number of hydrogen-bond acceptors (Lipinski definition) is 3. The summed E-state index contributed by atoms with van der Waals surface area (Å²) in [6.45, 7) is 0.267. The summed E-state index contributed by atoms with van der Waals surface area (Å²) in [5.41, 5.74) is 12.0. The Balaban J connectivity index is 2.75. The Morgan fingerprint density at radius 1 is 1.31 bits per heavy atom. The number of H-pyrrole nitrogens is 1. The fraction of sp³-hybridized carbons (Fsp3) is 0.0909. The molecule has 0 bridgehead atoms. The van der Waals surface area contributed by atoms with Crippen LogP contribution in [0.1, 0.15) is 16.1 Å². The molecule has 0 aliphatic heterocycles. The highest BCUT2D eigenvalue weighted by Crippen LogP contribution is 2.10. The molecule has 0 saturated carbocycles. The van der Waals surface area contributed by atoms with Gasteiger partial charge in [0, 0.05) is 34.8 Å². The molecular weight excluding hydrogens is 206 g/mol. The van der Waals surface area contributed by atoms with Gasteiger partial charge in [-0.25, -0.2) is 0 Å². The summed E-state index contributed by atoms with van der Waals surface area (Å²) in [7, 11) is 0. The van der Waals surface area contributed by atoms with Crippen molar-refractivity contribution in [3.8, 4) is 0 Å². The Kier molecular flexibility index (Phi) is 2.46. The SMILES string of the molecule is NCc1cc(=O)c2cc(C(N)=O)ccc2[nH]1. The fourth-order valence-corrected chi connectivity index (χ4v) is 1.57. The lowest BCUT2D eigenvalue weighted by Crippen LogP contribution is -2.13. The minimum atomic E-state index is -0.552. The maximum atomic E-state index is 11.7. The molecule has 0 fully saturated rings. The summed E-state index contributed by atoms with van der Waals surface area (Å²) in [6.07, 6.45) is 0. The molecule has 0 aliphatic rings. The third kappa shape index (κ3) is 1.68. The average Bonchev–Trinajstić information content (AvgIpc) is 2.28. The van der Waals surface area contributed by atoms with Crippen molar-refractivity contribution in [3.63, 3.8) is 0 Å². The molecule has 1 aromatic carbocycles. The highest BCUT2D eigenvalue weighted by atomic mass is 16.1. The average molecular weight is 217 g/mol. The maximum Gasteiger partial charge on any atom is 0.248 e. The second-order valence-electron chi connectivity index (χ2n) is 3.49. The lowest BCUT2D eigenvalue weighted by molar-refractivity contribution is 0.100. The molecule has 1 heterocycles. The van der Waals surface area contributed by atoms with Crippen molar-refractivity contribution in [3.05, 3.63) is 45.7 Å². The molecule has 5 heteroatoms. The van der Waals surface area contributed by atoms with Crippen LogP contribution in [0.25, 0.3) is 10.9 Å². The number of pyridine rings is 1. The van der Waals surface area contributed by atoms with E-state index in [2.05, 4.69) is 4.98 Å². The Morgan fingerprint density at radius 2 is 2.06 bits per heavy atom. The molecule has 5 N–H and O–H groups in total. The topological polar surface area (TPSA) is 102 Å². The summed E-state index contributed by atoms with van der Waals surface area (Å²) in [4.78, 5) is 25.7. The highest BCUT2D eigenvalue weighted by molar-refractivity contribution is 5.96. The van der Waals surface area contributed by atoms with Gasteiger partial charge in [-0.2, -0.15) is 0 Å². The highest BCUT2D eigenvalue weighted by Gasteiger charge is 2.05. The van der Waals surface area contributed by atoms with Crippen LogP contribution in [-0.2, 0) is 6.54 Å². The Labute approximate surface area is 91.1 Å². The Hall–Kier alpha value is -2.14. The number of nitrogens with one attached hydrogen (secondary N) is 1. The summed E-state index contributed by atoms with van der Waals surface area (Å²) in [5, 5.41) is 0.438. The van der Waals surface area contributed by atoms with Crippen LogP contribution in [0.5, 0.6) is 0 Å². The van der Waals surface area contributed by atoms with Gasteiger partial charge in [0.1, 0.15) is 0 Å². The lowest BCUT2D eigenvalue weighted by Gasteiger charge is -2.03. The molecule has 16 heavy (non-hydrogen) atoms. The van der Waals surface area contributed by atoms with Crippen LogP contribution in [0.3, 0.4) is 0 Å². The number of nitrogens with two attached hydrogens (primary N) is 2. The number of aromatic amines is 1. The number of carbonyl (C=O) groups excluding carboxylic acids is 1. The van der Waals surface area contributed by atoms with Crippen LogP contribution in [0.2, 0.25) is 0 Å². The zero-order valence-electron chi connectivity index (χ0n) is 8.49. The first-order valence-electron chi connectivity index (χ1n) is 4.77. The first-order valence-corrected chi connectivity index (χ1v) is 4.77. The van der Waals surface area contributed by atoms with Gasteiger partial charge in [0.2, 0.25) is 5.91 Å². The molecule has 82 valence electrons. The predicted octanol–water partition coefficient (Wildman–Crippen LogP) is 0.0857. The molecule has 0 saturated heterocycles. The summed E-state index contributed by atoms with van der Waals surface area (Å²) < 4.78 is 0. The smallest absolute Gasteiger partial charge is 0.248 e. The minimum Gasteiger partial charge on any atom is -0.366 e. The molecule has 0 atom stereocenters. The van der Waals surface area contributed by atoms with Crippen molar-refractivity contribution >= 4 is 16.8 Å². The zero-order valence-corrected chi connectivity index (χ0v) is 8.49. The number of primary amides is 1. The Morgan fingerprint density at radius 3 is 2.69 bits per heavy atom. The van der Waals surface area contributed by atoms with Crippen molar-refractivity contribution in [1.29, 1.82) is 0 Å². The quantitative estimate of drug-likeness (QED) is 0.664. The van der Waals surface area contributed by atoms with E-state index >= 15 is 0 Å². The standard InChI is InChI=1S/C11H11N3O2/c12-5-7-4-10(15)8-3-6(11(13)16)1-2-9(8)14-7/h1-4H,5,12H2,(H2,13,16)(H,14,15). The molecule has 0 aliphatic carbocycles. The molecule has 2 rings (SSSR count). The van der Waals surface area contributed by atoms with Gasteiger partial charge < -0.3 is 16.5 Å². The molecule has 2 aromatic rings. The fourth-order valence-electron chi connectivity index (χ4n) is 1.57. The van der Waals surface area contributed by atoms with Gasteiger partial charge in [-0.15, -0.1) is 0 Å². The lowest BCUT2D eigenvalue weighted by atomic mass is 10.1. The van der Waals surface area contributed by atoms with Crippen LogP contribution < -0.4 is 16.9 Å². The van der Waals surface area contributed by atoms with Gasteiger partial charge in [-0.05, 0) is 18.2 Å². The number of carbonyl (C=O) groups is 1. The van der Waals surface area contributed by atoms with E-state index in [-0.39, 0.29) is 12.0 Å². The summed E-state index contributed by atoms with van der Waals surface area (Å²) in [6, 6.07) is 6.13. The third-order valence-electron chi connectivity index (χ3n) is 2.39. The van der Waals surface area contributed by atoms with Crippen LogP contribution in [0.4, 0.5) is 0 Å². The monoisotopic (exact) mass is 217 g/mol. The van der Waals surface area contributed by atoms with Crippen molar-refractivity contribution < 1.29 is 4.79 Å². The first-order chi connectivity index (χ1) is 7.61. The maximum absolute atomic E-state index is 11.7. The molecule has 1 aromatic heterocycles. The number of aromatic nitrogens is 1. The molecular formula is C11H11N3O2. The van der Waals surface area contributed by atoms with E-state index < -0.39 is 5.91 Å². The molecule has 0 unspecified atom stereocenters. The van der Waals surface area contributed by atoms with Crippen LogP contribution in [0, 0.1) is 0 Å². The molecule has 1 amide bonds. The van der Waals surface area contributed by atoms with Crippen molar-refractivity contribution in [2.75, 3.05) is 0 Å². The number of amides is 1. The van der Waals surface area contributed by atoms with Gasteiger partial charge >= 0.3 is 0 Å². The van der Waals surface area contributed by atoms with Crippen LogP contribution in [-0.4, -0.2) is 10.9 Å². The van der Waals surface area contributed by atoms with Gasteiger partial charge in [0.25, 0.3) is 0 Å².